The summed E-state index contributed by atoms with van der Waals surface area (Å²) in [5.74, 6) is -9.04. The molecule has 1 heterocycles. The summed E-state index contributed by atoms with van der Waals surface area (Å²) in [7, 11) is 0. The lowest BCUT2D eigenvalue weighted by Crippen LogP contribution is -2.54. The molecule has 176 valence electrons. The molecular formula is C20H23F5N4O3. The topological polar surface area (TPSA) is 90.5 Å². The number of nitrogens with one attached hydrogen (secondary N) is 3. The van der Waals surface area contributed by atoms with Gasteiger partial charge >= 0.3 is 12.1 Å². The van der Waals surface area contributed by atoms with Crippen molar-refractivity contribution < 1.29 is 36.3 Å². The van der Waals surface area contributed by atoms with Crippen LogP contribution in [0.5, 0.6) is 0 Å². The van der Waals surface area contributed by atoms with Crippen molar-refractivity contribution in [2.24, 2.45) is 11.8 Å². The average Bonchev–Trinajstić information content (AvgIpc) is 3.56. The molecule has 3 amide bonds. The second-order valence-corrected chi connectivity index (χ2v) is 7.99. The molecule has 3 rings (SSSR count). The minimum Gasteiger partial charge on any atom is -0.381 e. The van der Waals surface area contributed by atoms with Gasteiger partial charge in [-0.2, -0.15) is 22.0 Å². The van der Waals surface area contributed by atoms with Gasteiger partial charge in [-0.25, -0.2) is 0 Å². The van der Waals surface area contributed by atoms with Crippen LogP contribution in [-0.2, 0) is 14.4 Å². The second kappa shape index (κ2) is 8.91. The van der Waals surface area contributed by atoms with Crippen molar-refractivity contribution in [3.63, 3.8) is 0 Å². The molecule has 7 nitrogen and oxygen atoms in total. The highest BCUT2D eigenvalue weighted by Gasteiger charge is 2.57. The summed E-state index contributed by atoms with van der Waals surface area (Å²) in [6.07, 6.45) is -3.86. The van der Waals surface area contributed by atoms with Crippen molar-refractivity contribution in [2.45, 2.75) is 37.9 Å². The number of amides is 3. The molecule has 1 fully saturated rings. The standard InChI is InChI=1S/C20H23F5N4O3/c1-11(16(30)27-10-19(21,22)20(23,24)25)17(31)28-14-8-26-13-4-2-3-5-15(13)29(18(14)32)9-12-6-7-12/h2-5,11-12,14,26H,6-10H2,1H3,(H,27,30)(H,28,31)/t11?,14-/m0/s1. The van der Waals surface area contributed by atoms with Crippen LogP contribution < -0.4 is 20.9 Å². The average molecular weight is 462 g/mol. The summed E-state index contributed by atoms with van der Waals surface area (Å²) in [5.41, 5.74) is 1.35. The van der Waals surface area contributed by atoms with Gasteiger partial charge in [0.2, 0.25) is 11.8 Å². The van der Waals surface area contributed by atoms with Gasteiger partial charge in [0, 0.05) is 13.1 Å². The van der Waals surface area contributed by atoms with Gasteiger partial charge < -0.3 is 20.9 Å². The molecule has 3 N–H and O–H groups in total. The highest BCUT2D eigenvalue weighted by atomic mass is 19.4. The molecule has 0 aromatic heterocycles. The van der Waals surface area contributed by atoms with Gasteiger partial charge in [-0.3, -0.25) is 14.4 Å². The van der Waals surface area contributed by atoms with Crippen molar-refractivity contribution in [1.29, 1.82) is 0 Å². The molecule has 1 aliphatic heterocycles. The molecule has 0 bridgehead atoms. The number of hydrogen-bond acceptors (Lipinski definition) is 4. The lowest BCUT2D eigenvalue weighted by Gasteiger charge is -2.26. The molecule has 12 heteroatoms. The number of carbonyl (C=O) groups excluding carboxylic acids is 3. The van der Waals surface area contributed by atoms with Crippen LogP contribution >= 0.6 is 0 Å². The van der Waals surface area contributed by atoms with Crippen LogP contribution in [0.3, 0.4) is 0 Å². The Labute approximate surface area is 180 Å². The zero-order valence-corrected chi connectivity index (χ0v) is 17.1. The van der Waals surface area contributed by atoms with Crippen molar-refractivity contribution in [2.75, 3.05) is 29.9 Å². The molecule has 2 aliphatic rings. The number of halogens is 5. The maximum atomic E-state index is 13.1. The van der Waals surface area contributed by atoms with E-state index < -0.39 is 48.3 Å². The van der Waals surface area contributed by atoms with E-state index in [1.54, 1.807) is 29.2 Å². The van der Waals surface area contributed by atoms with Crippen LogP contribution in [0.2, 0.25) is 0 Å². The van der Waals surface area contributed by atoms with E-state index in [0.717, 1.165) is 19.8 Å². The molecule has 1 aliphatic carbocycles. The van der Waals surface area contributed by atoms with Crippen molar-refractivity contribution in [3.05, 3.63) is 24.3 Å². The number of carbonyl (C=O) groups is 3. The summed E-state index contributed by atoms with van der Waals surface area (Å²) >= 11 is 0. The summed E-state index contributed by atoms with van der Waals surface area (Å²) in [4.78, 5) is 39.1. The Morgan fingerprint density at radius 1 is 1.16 bits per heavy atom. The number of nitrogens with zero attached hydrogens (tertiary/aromatic N) is 1. The molecule has 1 unspecified atom stereocenters. The molecule has 1 saturated carbocycles. The number of anilines is 2. The van der Waals surface area contributed by atoms with E-state index in [0.29, 0.717) is 23.8 Å². The highest BCUT2D eigenvalue weighted by Crippen LogP contribution is 2.36. The fraction of sp³-hybridized carbons (Fsp3) is 0.550. The van der Waals surface area contributed by atoms with Crippen LogP contribution in [0.25, 0.3) is 0 Å². The second-order valence-electron chi connectivity index (χ2n) is 7.99. The van der Waals surface area contributed by atoms with E-state index in [-0.39, 0.29) is 6.54 Å². The molecule has 0 radical (unpaired) electrons. The van der Waals surface area contributed by atoms with Crippen LogP contribution in [-0.4, -0.2) is 55.5 Å². The zero-order chi connectivity index (χ0) is 23.7. The Hall–Kier alpha value is -2.92. The van der Waals surface area contributed by atoms with E-state index >= 15 is 0 Å². The van der Waals surface area contributed by atoms with E-state index in [1.807, 2.05) is 0 Å². The summed E-state index contributed by atoms with van der Waals surface area (Å²) in [5, 5.41) is 6.92. The molecule has 1 aromatic rings. The number of para-hydroxylation sites is 2. The summed E-state index contributed by atoms with van der Waals surface area (Å²) in [6, 6.07) is 6.05. The molecule has 0 spiro atoms. The smallest absolute Gasteiger partial charge is 0.381 e. The zero-order valence-electron chi connectivity index (χ0n) is 17.1. The van der Waals surface area contributed by atoms with Crippen molar-refractivity contribution in [1.82, 2.24) is 10.6 Å². The number of benzene rings is 1. The normalized spacial score (nSPS) is 20.0. The first-order valence-corrected chi connectivity index (χ1v) is 10.1. The van der Waals surface area contributed by atoms with Crippen LogP contribution in [0.1, 0.15) is 19.8 Å². The van der Waals surface area contributed by atoms with Gasteiger partial charge in [-0.15, -0.1) is 0 Å². The lowest BCUT2D eigenvalue weighted by molar-refractivity contribution is -0.278. The van der Waals surface area contributed by atoms with Crippen LogP contribution in [0.4, 0.5) is 33.3 Å². The highest BCUT2D eigenvalue weighted by molar-refractivity contribution is 6.06. The summed E-state index contributed by atoms with van der Waals surface area (Å²) in [6.45, 7) is -0.446. The van der Waals surface area contributed by atoms with Crippen molar-refractivity contribution in [3.8, 4) is 0 Å². The number of fused-ring (bicyclic) bond motifs is 1. The van der Waals surface area contributed by atoms with Crippen LogP contribution in [0, 0.1) is 11.8 Å². The van der Waals surface area contributed by atoms with Gasteiger partial charge in [-0.05, 0) is 37.8 Å². The minimum absolute atomic E-state index is 0.0171. The third-order valence-electron chi connectivity index (χ3n) is 5.40. The quantitative estimate of drug-likeness (QED) is 0.429. The van der Waals surface area contributed by atoms with Crippen molar-refractivity contribution >= 4 is 29.1 Å². The van der Waals surface area contributed by atoms with Gasteiger partial charge in [0.1, 0.15) is 12.0 Å². The first-order chi connectivity index (χ1) is 14.9. The monoisotopic (exact) mass is 462 g/mol. The van der Waals surface area contributed by atoms with Gasteiger partial charge in [0.15, 0.2) is 0 Å². The van der Waals surface area contributed by atoms with Gasteiger partial charge in [0.05, 0.1) is 17.9 Å². The third-order valence-corrected chi connectivity index (χ3v) is 5.40. The van der Waals surface area contributed by atoms with E-state index in [4.69, 9.17) is 0 Å². The number of rotatable bonds is 7. The van der Waals surface area contributed by atoms with E-state index in [1.165, 1.54) is 5.32 Å². The molecule has 0 saturated heterocycles. The largest absolute Gasteiger partial charge is 0.455 e. The van der Waals surface area contributed by atoms with Gasteiger partial charge in [-0.1, -0.05) is 12.1 Å². The Morgan fingerprint density at radius 2 is 1.81 bits per heavy atom. The lowest BCUT2D eigenvalue weighted by atomic mass is 10.1. The van der Waals surface area contributed by atoms with Crippen LogP contribution in [0.15, 0.2) is 24.3 Å². The van der Waals surface area contributed by atoms with E-state index in [2.05, 4.69) is 10.6 Å². The first kappa shape index (κ1) is 23.7. The molecule has 1 aromatic carbocycles. The maximum absolute atomic E-state index is 13.1. The molecular weight excluding hydrogens is 439 g/mol. The fourth-order valence-electron chi connectivity index (χ4n) is 3.19. The summed E-state index contributed by atoms with van der Waals surface area (Å²) < 4.78 is 62.8. The Morgan fingerprint density at radius 3 is 2.44 bits per heavy atom. The van der Waals surface area contributed by atoms with E-state index in [9.17, 15) is 36.3 Å². The predicted octanol–water partition coefficient (Wildman–Crippen LogP) is 2.29. The SMILES string of the molecule is CC(C(=O)NCC(F)(F)C(F)(F)F)C(=O)N[C@H]1CNc2ccccc2N(CC2CC2)C1=O. The molecule has 32 heavy (non-hydrogen) atoms. The third kappa shape index (κ3) is 5.28. The number of alkyl halides is 5. The predicted molar refractivity (Wildman–Crippen MR) is 105 cm³/mol. The Kier molecular flexibility index (Phi) is 6.61. The minimum atomic E-state index is -5.83. The first-order valence-electron chi connectivity index (χ1n) is 10.1. The Bertz CT molecular complexity index is 888. The maximum Gasteiger partial charge on any atom is 0.455 e. The Balaban J connectivity index is 1.64. The van der Waals surface area contributed by atoms with Gasteiger partial charge in [0.25, 0.3) is 5.91 Å². The number of hydrogen-bond donors (Lipinski definition) is 3. The fourth-order valence-corrected chi connectivity index (χ4v) is 3.19. The molecule has 2 atom stereocenters.